The molecule has 38 heavy (non-hydrogen) atoms. The Labute approximate surface area is 222 Å². The predicted molar refractivity (Wildman–Crippen MR) is 147 cm³/mol. The Morgan fingerprint density at radius 1 is 0.895 bits per heavy atom. The van der Waals surface area contributed by atoms with Gasteiger partial charge in [0, 0.05) is 42.2 Å². The zero-order chi connectivity index (χ0) is 27.4. The number of carboxylic acids is 1. The van der Waals surface area contributed by atoms with Crippen LogP contribution in [-0.4, -0.2) is 42.8 Å². The molecule has 1 atom stereocenters. The molecule has 0 aliphatic carbocycles. The van der Waals surface area contributed by atoms with Crippen LogP contribution < -0.4 is 5.32 Å². The molecule has 1 amide bonds. The van der Waals surface area contributed by atoms with E-state index in [9.17, 15) is 14.7 Å². The van der Waals surface area contributed by atoms with Crippen molar-refractivity contribution in [2.45, 2.75) is 58.5 Å². The molecule has 1 unspecified atom stereocenters. The minimum atomic E-state index is -1.10. The number of aliphatic carboxylic acids is 1. The van der Waals surface area contributed by atoms with E-state index in [1.165, 1.54) is 11.8 Å². The summed E-state index contributed by atoms with van der Waals surface area (Å²) in [5.74, 6) is -0.993. The second-order valence-electron chi connectivity index (χ2n) is 10.7. The van der Waals surface area contributed by atoms with Crippen molar-refractivity contribution in [1.29, 1.82) is 0 Å². The molecule has 2 heterocycles. The first kappa shape index (κ1) is 26.7. The van der Waals surface area contributed by atoms with Gasteiger partial charge in [-0.2, -0.15) is 5.10 Å². The Morgan fingerprint density at radius 3 is 2.03 bits per heavy atom. The van der Waals surface area contributed by atoms with Gasteiger partial charge in [0.15, 0.2) is 5.82 Å². The van der Waals surface area contributed by atoms with Gasteiger partial charge in [-0.05, 0) is 36.0 Å². The van der Waals surface area contributed by atoms with Crippen LogP contribution in [0.5, 0.6) is 0 Å². The Bertz CT molecular complexity index is 1400. The number of carboxylic acid groups (broad SMARTS) is 1. The zero-order valence-corrected chi connectivity index (χ0v) is 22.3. The van der Waals surface area contributed by atoms with E-state index in [2.05, 4.69) is 65.4 Å². The fourth-order valence-electron chi connectivity index (χ4n) is 3.99. The molecule has 2 N–H and O–H groups in total. The average molecular weight is 512 g/mol. The Morgan fingerprint density at radius 2 is 1.50 bits per heavy atom. The molecule has 4 aromatic rings. The topological polar surface area (TPSA) is 110 Å². The minimum absolute atomic E-state index is 0.0961. The molecule has 0 spiro atoms. The SMILES string of the molecule is CC(C)n1cc(C(=O)NC(Cc2ccc(-c3ncc(-c4ccc(C(C)(C)C)cc4)cn3)cc2)C(=O)O)cn1. The summed E-state index contributed by atoms with van der Waals surface area (Å²) in [6.45, 7) is 10.5. The lowest BCUT2D eigenvalue weighted by Gasteiger charge is -2.19. The van der Waals surface area contributed by atoms with Gasteiger partial charge >= 0.3 is 5.97 Å². The van der Waals surface area contributed by atoms with E-state index in [0.717, 1.165) is 22.3 Å². The first-order chi connectivity index (χ1) is 18.0. The first-order valence-electron chi connectivity index (χ1n) is 12.6. The summed E-state index contributed by atoms with van der Waals surface area (Å²) in [5, 5.41) is 16.4. The van der Waals surface area contributed by atoms with Crippen LogP contribution in [0.4, 0.5) is 0 Å². The number of rotatable bonds is 8. The summed E-state index contributed by atoms with van der Waals surface area (Å²) in [4.78, 5) is 33.5. The van der Waals surface area contributed by atoms with Crippen molar-refractivity contribution in [2.75, 3.05) is 0 Å². The van der Waals surface area contributed by atoms with Gasteiger partial charge < -0.3 is 10.4 Å². The van der Waals surface area contributed by atoms with Crippen molar-refractivity contribution < 1.29 is 14.7 Å². The lowest BCUT2D eigenvalue weighted by atomic mass is 9.86. The molecule has 0 saturated carbocycles. The van der Waals surface area contributed by atoms with Crippen LogP contribution in [0.25, 0.3) is 22.5 Å². The smallest absolute Gasteiger partial charge is 0.326 e. The van der Waals surface area contributed by atoms with Crippen LogP contribution in [0.15, 0.2) is 73.3 Å². The summed E-state index contributed by atoms with van der Waals surface area (Å²) < 4.78 is 1.65. The van der Waals surface area contributed by atoms with Crippen LogP contribution in [0.2, 0.25) is 0 Å². The maximum absolute atomic E-state index is 12.6. The molecule has 8 heteroatoms. The van der Waals surface area contributed by atoms with E-state index in [-0.39, 0.29) is 17.9 Å². The van der Waals surface area contributed by atoms with Crippen LogP contribution in [0, 0.1) is 0 Å². The normalized spacial score (nSPS) is 12.4. The highest BCUT2D eigenvalue weighted by Gasteiger charge is 2.22. The fourth-order valence-corrected chi connectivity index (χ4v) is 3.99. The summed E-state index contributed by atoms with van der Waals surface area (Å²) in [6, 6.07) is 14.8. The Balaban J connectivity index is 1.42. The van der Waals surface area contributed by atoms with Crippen molar-refractivity contribution in [3.8, 4) is 22.5 Å². The summed E-state index contributed by atoms with van der Waals surface area (Å²) >= 11 is 0. The summed E-state index contributed by atoms with van der Waals surface area (Å²) in [6.07, 6.45) is 6.80. The number of hydrogen-bond acceptors (Lipinski definition) is 5. The van der Waals surface area contributed by atoms with Crippen LogP contribution in [-0.2, 0) is 16.6 Å². The summed E-state index contributed by atoms with van der Waals surface area (Å²) in [5.41, 5.74) is 5.27. The van der Waals surface area contributed by atoms with E-state index in [1.54, 1.807) is 23.3 Å². The molecule has 196 valence electrons. The largest absolute Gasteiger partial charge is 0.480 e. The molecule has 0 bridgehead atoms. The number of carbonyl (C=O) groups is 2. The molecule has 0 aliphatic heterocycles. The number of carbonyl (C=O) groups excluding carboxylic acids is 1. The molecule has 4 rings (SSSR count). The second kappa shape index (κ2) is 11.0. The lowest BCUT2D eigenvalue weighted by molar-refractivity contribution is -0.139. The molecule has 0 aliphatic rings. The van der Waals surface area contributed by atoms with Crippen LogP contribution in [0.3, 0.4) is 0 Å². The third-order valence-corrected chi connectivity index (χ3v) is 6.38. The lowest BCUT2D eigenvalue weighted by Crippen LogP contribution is -2.42. The van der Waals surface area contributed by atoms with E-state index in [4.69, 9.17) is 0 Å². The van der Waals surface area contributed by atoms with Gasteiger partial charge in [0.1, 0.15) is 6.04 Å². The fraction of sp³-hybridized carbons (Fsp3) is 0.300. The molecule has 2 aromatic heterocycles. The van der Waals surface area contributed by atoms with Crippen molar-refractivity contribution in [1.82, 2.24) is 25.1 Å². The van der Waals surface area contributed by atoms with Crippen LogP contribution in [0.1, 0.15) is 62.1 Å². The molecule has 2 aromatic carbocycles. The van der Waals surface area contributed by atoms with E-state index in [1.807, 2.05) is 38.1 Å². The maximum Gasteiger partial charge on any atom is 0.326 e. The van der Waals surface area contributed by atoms with Crippen molar-refractivity contribution >= 4 is 11.9 Å². The number of benzene rings is 2. The van der Waals surface area contributed by atoms with E-state index < -0.39 is 17.9 Å². The Hall–Kier alpha value is -4.33. The maximum atomic E-state index is 12.6. The molecule has 0 saturated heterocycles. The number of nitrogens with one attached hydrogen (secondary N) is 1. The zero-order valence-electron chi connectivity index (χ0n) is 22.3. The average Bonchev–Trinajstić information content (AvgIpc) is 3.40. The third kappa shape index (κ3) is 6.32. The first-order valence-corrected chi connectivity index (χ1v) is 12.6. The molecule has 8 nitrogen and oxygen atoms in total. The number of aromatic nitrogens is 4. The highest BCUT2D eigenvalue weighted by molar-refractivity contribution is 5.96. The third-order valence-electron chi connectivity index (χ3n) is 6.38. The number of nitrogens with zero attached hydrogens (tertiary/aromatic N) is 4. The highest BCUT2D eigenvalue weighted by Crippen LogP contribution is 2.26. The van der Waals surface area contributed by atoms with Gasteiger partial charge in [0.2, 0.25) is 0 Å². The molecular weight excluding hydrogens is 478 g/mol. The number of amides is 1. The summed E-state index contributed by atoms with van der Waals surface area (Å²) in [7, 11) is 0. The monoisotopic (exact) mass is 511 g/mol. The van der Waals surface area contributed by atoms with Crippen molar-refractivity contribution in [2.24, 2.45) is 0 Å². The van der Waals surface area contributed by atoms with Crippen LogP contribution >= 0.6 is 0 Å². The van der Waals surface area contributed by atoms with E-state index >= 15 is 0 Å². The molecular formula is C30H33N5O3. The van der Waals surface area contributed by atoms with Gasteiger partial charge in [-0.1, -0.05) is 69.3 Å². The highest BCUT2D eigenvalue weighted by atomic mass is 16.4. The van der Waals surface area contributed by atoms with Gasteiger partial charge in [-0.3, -0.25) is 9.48 Å². The standard InChI is InChI=1S/C30H33N5O3/c1-19(2)35-18-24(17-33-35)28(36)34-26(29(37)38)14-20-6-8-22(9-7-20)27-31-15-23(16-32-27)21-10-12-25(13-11-21)30(3,4)5/h6-13,15-19,26H,14H2,1-5H3,(H,34,36)(H,37,38). The van der Waals surface area contributed by atoms with Gasteiger partial charge in [-0.15, -0.1) is 0 Å². The molecule has 0 radical (unpaired) electrons. The Kier molecular flexibility index (Phi) is 7.71. The minimum Gasteiger partial charge on any atom is -0.480 e. The van der Waals surface area contributed by atoms with Gasteiger partial charge in [0.05, 0.1) is 11.8 Å². The van der Waals surface area contributed by atoms with Crippen molar-refractivity contribution in [3.63, 3.8) is 0 Å². The second-order valence-corrected chi connectivity index (χ2v) is 10.7. The quantitative estimate of drug-likeness (QED) is 0.332. The van der Waals surface area contributed by atoms with Gasteiger partial charge in [0.25, 0.3) is 5.91 Å². The van der Waals surface area contributed by atoms with Crippen molar-refractivity contribution in [3.05, 3.63) is 90.0 Å². The predicted octanol–water partition coefficient (Wildman–Crippen LogP) is 5.31. The van der Waals surface area contributed by atoms with E-state index in [0.29, 0.717) is 11.4 Å². The molecule has 0 fully saturated rings. The van der Waals surface area contributed by atoms with Gasteiger partial charge in [-0.25, -0.2) is 14.8 Å². The number of hydrogen-bond donors (Lipinski definition) is 2.